The number of halogens is 1. The second-order valence-electron chi connectivity index (χ2n) is 9.52. The fourth-order valence-corrected chi connectivity index (χ4v) is 5.03. The summed E-state index contributed by atoms with van der Waals surface area (Å²) in [6.07, 6.45) is 12.5. The third-order valence-corrected chi connectivity index (χ3v) is 6.95. The zero-order chi connectivity index (χ0) is 26.2. The molecule has 0 amide bonds. The number of rotatable bonds is 7. The highest BCUT2D eigenvalue weighted by Crippen LogP contribution is 2.33. The maximum Gasteiger partial charge on any atom is 0.159 e. The van der Waals surface area contributed by atoms with Crippen LogP contribution in [0.4, 0.5) is 4.39 Å². The molecular formula is C28H24FN9O. The van der Waals surface area contributed by atoms with Crippen LogP contribution in [0.2, 0.25) is 0 Å². The molecule has 0 atom stereocenters. The first-order valence-electron chi connectivity index (χ1n) is 12.8. The van der Waals surface area contributed by atoms with E-state index in [0.29, 0.717) is 57.4 Å². The average Bonchev–Trinajstić information content (AvgIpc) is 3.72. The van der Waals surface area contributed by atoms with Crippen LogP contribution in [-0.2, 0) is 0 Å². The predicted molar refractivity (Wildman–Crippen MR) is 144 cm³/mol. The zero-order valence-corrected chi connectivity index (χ0v) is 20.9. The Morgan fingerprint density at radius 3 is 2.69 bits per heavy atom. The van der Waals surface area contributed by atoms with Gasteiger partial charge in [-0.1, -0.05) is 0 Å². The Balaban J connectivity index is 1.23. The lowest BCUT2D eigenvalue weighted by molar-refractivity contribution is 0.237. The zero-order valence-electron chi connectivity index (χ0n) is 20.9. The Labute approximate surface area is 222 Å². The van der Waals surface area contributed by atoms with Crippen LogP contribution in [0.25, 0.3) is 56.0 Å². The van der Waals surface area contributed by atoms with Crippen molar-refractivity contribution in [2.75, 3.05) is 26.2 Å². The normalized spacial score (nSPS) is 14.0. The van der Waals surface area contributed by atoms with Crippen molar-refractivity contribution >= 4 is 21.9 Å². The van der Waals surface area contributed by atoms with Gasteiger partial charge in [0.2, 0.25) is 0 Å². The average molecular weight is 522 g/mol. The summed E-state index contributed by atoms with van der Waals surface area (Å²) in [6.45, 7) is 3.53. The smallest absolute Gasteiger partial charge is 0.159 e. The van der Waals surface area contributed by atoms with Crippen molar-refractivity contribution < 1.29 is 9.13 Å². The number of hydrogen-bond donors (Lipinski definition) is 2. The van der Waals surface area contributed by atoms with Crippen LogP contribution in [0.1, 0.15) is 12.8 Å². The fraction of sp³-hybridized carbons (Fsp3) is 0.214. The second kappa shape index (κ2) is 9.84. The van der Waals surface area contributed by atoms with Gasteiger partial charge in [-0.05, 0) is 49.7 Å². The topological polar surface area (TPSA) is 121 Å². The lowest BCUT2D eigenvalue weighted by Gasteiger charge is -2.15. The Hall–Kier alpha value is -4.77. The van der Waals surface area contributed by atoms with E-state index < -0.39 is 0 Å². The number of fused-ring (bicyclic) bond motifs is 2. The van der Waals surface area contributed by atoms with Crippen molar-refractivity contribution in [2.45, 2.75) is 12.8 Å². The standard InChI is InChI=1S/C28H24FN9O/c29-18-9-17(10-19(11-18)39-8-7-38-5-1-2-6-38)21-13-31-15-25-26(21)35-28(34-25)27-20-12-22(24-14-30-3-4-32-24)33-16-23(20)36-37-27/h3-4,9-16H,1-2,5-8H2,(H,34,35)(H,36,37). The van der Waals surface area contributed by atoms with E-state index in [2.05, 4.69) is 40.0 Å². The van der Waals surface area contributed by atoms with Crippen LogP contribution in [0, 0.1) is 5.82 Å². The molecule has 6 aromatic rings. The number of aromatic nitrogens is 8. The molecule has 1 fully saturated rings. The Morgan fingerprint density at radius 2 is 1.82 bits per heavy atom. The molecular weight excluding hydrogens is 497 g/mol. The van der Waals surface area contributed by atoms with Crippen LogP contribution in [0.3, 0.4) is 0 Å². The van der Waals surface area contributed by atoms with Gasteiger partial charge in [-0.3, -0.25) is 29.9 Å². The van der Waals surface area contributed by atoms with Crippen molar-refractivity contribution in [3.8, 4) is 39.8 Å². The molecule has 194 valence electrons. The number of hydrogen-bond acceptors (Lipinski definition) is 8. The molecule has 0 aliphatic carbocycles. The van der Waals surface area contributed by atoms with Gasteiger partial charge in [0.15, 0.2) is 5.82 Å². The number of benzene rings is 1. The molecule has 1 aliphatic rings. The van der Waals surface area contributed by atoms with E-state index in [9.17, 15) is 4.39 Å². The maximum atomic E-state index is 14.7. The molecule has 39 heavy (non-hydrogen) atoms. The minimum atomic E-state index is -0.376. The van der Waals surface area contributed by atoms with Crippen LogP contribution < -0.4 is 4.74 Å². The van der Waals surface area contributed by atoms with Gasteiger partial charge in [0.05, 0.1) is 40.8 Å². The molecule has 0 unspecified atom stereocenters. The van der Waals surface area contributed by atoms with Gasteiger partial charge in [0.1, 0.15) is 29.6 Å². The molecule has 0 radical (unpaired) electrons. The van der Waals surface area contributed by atoms with E-state index in [4.69, 9.17) is 9.72 Å². The molecule has 2 N–H and O–H groups in total. The van der Waals surface area contributed by atoms with E-state index >= 15 is 0 Å². The third-order valence-electron chi connectivity index (χ3n) is 6.95. The molecule has 1 aromatic carbocycles. The van der Waals surface area contributed by atoms with E-state index in [1.54, 1.807) is 37.2 Å². The summed E-state index contributed by atoms with van der Waals surface area (Å²) in [5.41, 5.74) is 5.43. The summed E-state index contributed by atoms with van der Waals surface area (Å²) in [4.78, 5) is 27.9. The molecule has 1 aliphatic heterocycles. The van der Waals surface area contributed by atoms with E-state index in [1.807, 2.05) is 12.1 Å². The van der Waals surface area contributed by atoms with E-state index in [-0.39, 0.29) is 5.82 Å². The third kappa shape index (κ3) is 4.57. The Kier molecular flexibility index (Phi) is 5.89. The summed E-state index contributed by atoms with van der Waals surface area (Å²) >= 11 is 0. The molecule has 10 nitrogen and oxygen atoms in total. The Morgan fingerprint density at radius 1 is 0.897 bits per heavy atom. The Bertz CT molecular complexity index is 1780. The highest BCUT2D eigenvalue weighted by molar-refractivity contribution is 5.97. The van der Waals surface area contributed by atoms with Crippen molar-refractivity contribution in [1.82, 2.24) is 45.0 Å². The number of nitrogens with zero attached hydrogens (tertiary/aromatic N) is 7. The van der Waals surface area contributed by atoms with Crippen molar-refractivity contribution in [2.24, 2.45) is 0 Å². The summed E-state index contributed by atoms with van der Waals surface area (Å²) < 4.78 is 20.6. The van der Waals surface area contributed by atoms with Crippen LogP contribution in [0.15, 0.2) is 61.4 Å². The van der Waals surface area contributed by atoms with Crippen LogP contribution >= 0.6 is 0 Å². The first-order valence-corrected chi connectivity index (χ1v) is 12.8. The molecule has 7 rings (SSSR count). The van der Waals surface area contributed by atoms with Gasteiger partial charge in [-0.2, -0.15) is 5.10 Å². The minimum absolute atomic E-state index is 0.376. The van der Waals surface area contributed by atoms with E-state index in [1.165, 1.54) is 25.0 Å². The number of aromatic amines is 2. The lowest BCUT2D eigenvalue weighted by Crippen LogP contribution is -2.25. The molecule has 11 heteroatoms. The largest absolute Gasteiger partial charge is 0.492 e. The molecule has 5 aromatic heterocycles. The summed E-state index contributed by atoms with van der Waals surface area (Å²) in [5.74, 6) is 0.665. The fourth-order valence-electron chi connectivity index (χ4n) is 5.03. The number of ether oxygens (including phenoxy) is 1. The number of likely N-dealkylation sites (tertiary alicyclic amines) is 1. The lowest BCUT2D eigenvalue weighted by atomic mass is 10.1. The maximum absolute atomic E-state index is 14.7. The SMILES string of the molecule is Fc1cc(OCCN2CCCC2)cc(-c2cncc3[nH]c(-c4n[nH]c5cnc(-c6cnccn6)cc45)nc23)c1. The van der Waals surface area contributed by atoms with Gasteiger partial charge in [-0.25, -0.2) is 9.37 Å². The molecule has 0 saturated carbocycles. The molecule has 1 saturated heterocycles. The summed E-state index contributed by atoms with van der Waals surface area (Å²) in [6, 6.07) is 6.63. The number of H-pyrrole nitrogens is 2. The molecule has 6 heterocycles. The minimum Gasteiger partial charge on any atom is -0.492 e. The van der Waals surface area contributed by atoms with Crippen molar-refractivity contribution in [3.63, 3.8) is 0 Å². The number of nitrogens with one attached hydrogen (secondary N) is 2. The first-order chi connectivity index (χ1) is 19.2. The first kappa shape index (κ1) is 23.4. The van der Waals surface area contributed by atoms with E-state index in [0.717, 1.165) is 30.5 Å². The number of imidazole rings is 1. The molecule has 0 bridgehead atoms. The highest BCUT2D eigenvalue weighted by Gasteiger charge is 2.18. The van der Waals surface area contributed by atoms with Crippen molar-refractivity contribution in [1.29, 1.82) is 0 Å². The van der Waals surface area contributed by atoms with Crippen LogP contribution in [0.5, 0.6) is 5.75 Å². The van der Waals surface area contributed by atoms with Crippen LogP contribution in [-0.4, -0.2) is 71.2 Å². The van der Waals surface area contributed by atoms with Gasteiger partial charge in [0.25, 0.3) is 0 Å². The monoisotopic (exact) mass is 521 g/mol. The highest BCUT2D eigenvalue weighted by atomic mass is 19.1. The van der Waals surface area contributed by atoms with Crippen molar-refractivity contribution in [3.05, 3.63) is 67.3 Å². The predicted octanol–water partition coefficient (Wildman–Crippen LogP) is 4.63. The van der Waals surface area contributed by atoms with Gasteiger partial charge in [0, 0.05) is 42.2 Å². The summed E-state index contributed by atoms with van der Waals surface area (Å²) in [5, 5.41) is 8.34. The van der Waals surface area contributed by atoms with Gasteiger partial charge < -0.3 is 9.72 Å². The van der Waals surface area contributed by atoms with Gasteiger partial charge >= 0.3 is 0 Å². The quantitative estimate of drug-likeness (QED) is 0.312. The van der Waals surface area contributed by atoms with Gasteiger partial charge in [-0.15, -0.1) is 0 Å². The number of pyridine rings is 2. The second-order valence-corrected chi connectivity index (χ2v) is 9.52. The summed E-state index contributed by atoms with van der Waals surface area (Å²) in [7, 11) is 0. The molecule has 0 spiro atoms.